The summed E-state index contributed by atoms with van der Waals surface area (Å²) in [6.45, 7) is 1.03. The van der Waals surface area contributed by atoms with Gasteiger partial charge in [-0.1, -0.05) is 12.2 Å². The van der Waals surface area contributed by atoms with Gasteiger partial charge in [0.25, 0.3) is 5.69 Å². The molecule has 94 valence electrons. The zero-order valence-electron chi connectivity index (χ0n) is 9.28. The third-order valence-corrected chi connectivity index (χ3v) is 2.51. The summed E-state index contributed by atoms with van der Waals surface area (Å²) in [6.07, 6.45) is 3.76. The lowest BCUT2D eigenvalue weighted by molar-refractivity contribution is -0.393. The number of anilines is 1. The number of nitro benzene ring substituents is 2. The Kier molecular flexibility index (Phi) is 3.20. The summed E-state index contributed by atoms with van der Waals surface area (Å²) in [4.78, 5) is 20.3. The Morgan fingerprint density at radius 2 is 1.94 bits per heavy atom. The number of non-ortho nitro benzene ring substituents is 1. The normalized spacial score (nSPS) is 14.6. The summed E-state index contributed by atoms with van der Waals surface area (Å²) in [5.74, 6) is 0. The summed E-state index contributed by atoms with van der Waals surface area (Å²) < 4.78 is 0. The first-order valence-corrected chi connectivity index (χ1v) is 5.18. The second-order valence-corrected chi connectivity index (χ2v) is 3.63. The molecule has 0 aliphatic carbocycles. The van der Waals surface area contributed by atoms with E-state index in [1.54, 1.807) is 5.01 Å². The van der Waals surface area contributed by atoms with Crippen LogP contribution in [0.25, 0.3) is 0 Å². The van der Waals surface area contributed by atoms with Gasteiger partial charge in [0.15, 0.2) is 0 Å². The van der Waals surface area contributed by atoms with E-state index in [1.165, 1.54) is 12.1 Å². The largest absolute Gasteiger partial charge is 0.300 e. The van der Waals surface area contributed by atoms with Gasteiger partial charge in [-0.15, -0.1) is 0 Å². The van der Waals surface area contributed by atoms with Crippen molar-refractivity contribution < 1.29 is 9.85 Å². The maximum absolute atomic E-state index is 10.9. The lowest BCUT2D eigenvalue weighted by Crippen LogP contribution is -2.41. The van der Waals surface area contributed by atoms with E-state index in [1.807, 2.05) is 12.2 Å². The summed E-state index contributed by atoms with van der Waals surface area (Å²) in [5.41, 5.74) is 2.69. The van der Waals surface area contributed by atoms with Crippen molar-refractivity contribution in [1.82, 2.24) is 5.43 Å². The number of nitro groups is 2. The highest BCUT2D eigenvalue weighted by atomic mass is 16.6. The summed E-state index contributed by atoms with van der Waals surface area (Å²) in [7, 11) is 0. The van der Waals surface area contributed by atoms with E-state index in [0.717, 1.165) is 6.07 Å². The van der Waals surface area contributed by atoms with Crippen LogP contribution in [0.4, 0.5) is 17.1 Å². The lowest BCUT2D eigenvalue weighted by Gasteiger charge is -2.25. The monoisotopic (exact) mass is 250 g/mol. The molecule has 0 fully saturated rings. The van der Waals surface area contributed by atoms with Crippen molar-refractivity contribution in [1.29, 1.82) is 0 Å². The van der Waals surface area contributed by atoms with Crippen molar-refractivity contribution in [3.05, 3.63) is 50.6 Å². The minimum Gasteiger partial charge on any atom is -0.298 e. The average molecular weight is 250 g/mol. The molecule has 0 radical (unpaired) electrons. The van der Waals surface area contributed by atoms with E-state index in [-0.39, 0.29) is 11.4 Å². The van der Waals surface area contributed by atoms with Crippen molar-refractivity contribution in [2.75, 3.05) is 18.1 Å². The van der Waals surface area contributed by atoms with Crippen LogP contribution in [0.15, 0.2) is 30.4 Å². The second kappa shape index (κ2) is 4.80. The molecular formula is C10H10N4O4. The van der Waals surface area contributed by atoms with Gasteiger partial charge in [0.1, 0.15) is 5.69 Å². The molecule has 0 bridgehead atoms. The highest BCUT2D eigenvalue weighted by Gasteiger charge is 2.23. The minimum absolute atomic E-state index is 0.285. The van der Waals surface area contributed by atoms with Gasteiger partial charge in [0.2, 0.25) is 0 Å². The van der Waals surface area contributed by atoms with Gasteiger partial charge in [-0.05, 0) is 6.07 Å². The number of hydrogen-bond acceptors (Lipinski definition) is 6. The average Bonchev–Trinajstić information content (AvgIpc) is 2.39. The summed E-state index contributed by atoms with van der Waals surface area (Å²) >= 11 is 0. The first-order chi connectivity index (χ1) is 8.59. The Morgan fingerprint density at radius 1 is 1.17 bits per heavy atom. The fraction of sp³-hybridized carbons (Fsp3) is 0.200. The van der Waals surface area contributed by atoms with Crippen LogP contribution in [-0.2, 0) is 0 Å². The number of hydrazine groups is 1. The fourth-order valence-electron chi connectivity index (χ4n) is 1.67. The van der Waals surface area contributed by atoms with Crippen LogP contribution in [0, 0.1) is 20.2 Å². The molecule has 0 atom stereocenters. The SMILES string of the molecule is O=[N+]([O-])c1ccc(N2CC=CCN2)c([N+](=O)[O-])c1. The molecule has 0 aromatic heterocycles. The second-order valence-electron chi connectivity index (χ2n) is 3.63. The van der Waals surface area contributed by atoms with E-state index in [0.29, 0.717) is 18.8 Å². The van der Waals surface area contributed by atoms with E-state index < -0.39 is 9.85 Å². The molecule has 8 heteroatoms. The molecule has 1 aliphatic rings. The molecule has 0 saturated carbocycles. The van der Waals surface area contributed by atoms with Crippen molar-refractivity contribution in [3.8, 4) is 0 Å². The van der Waals surface area contributed by atoms with Crippen molar-refractivity contribution in [3.63, 3.8) is 0 Å². The molecule has 1 aliphatic heterocycles. The predicted octanol–water partition coefficient (Wildman–Crippen LogP) is 1.38. The number of rotatable bonds is 3. The fourth-order valence-corrected chi connectivity index (χ4v) is 1.67. The zero-order chi connectivity index (χ0) is 13.1. The highest BCUT2D eigenvalue weighted by Crippen LogP contribution is 2.31. The first kappa shape index (κ1) is 12.0. The maximum Gasteiger partial charge on any atom is 0.300 e. The molecule has 1 aromatic carbocycles. The number of nitrogens with zero attached hydrogens (tertiary/aromatic N) is 3. The van der Waals surface area contributed by atoms with Crippen LogP contribution in [0.3, 0.4) is 0 Å². The third kappa shape index (κ3) is 2.28. The number of hydrogen-bond donors (Lipinski definition) is 1. The maximum atomic E-state index is 10.9. The Bertz CT molecular complexity index is 529. The topological polar surface area (TPSA) is 102 Å². The molecule has 1 N–H and O–H groups in total. The molecule has 0 amide bonds. The van der Waals surface area contributed by atoms with Crippen molar-refractivity contribution >= 4 is 17.1 Å². The quantitative estimate of drug-likeness (QED) is 0.494. The lowest BCUT2D eigenvalue weighted by atomic mass is 10.2. The third-order valence-electron chi connectivity index (χ3n) is 2.51. The van der Waals surface area contributed by atoms with Crippen molar-refractivity contribution in [2.24, 2.45) is 0 Å². The van der Waals surface area contributed by atoms with Gasteiger partial charge in [0, 0.05) is 12.6 Å². The minimum atomic E-state index is -0.652. The van der Waals surface area contributed by atoms with Crippen LogP contribution in [0.5, 0.6) is 0 Å². The summed E-state index contributed by atoms with van der Waals surface area (Å²) in [6, 6.07) is 3.60. The van der Waals surface area contributed by atoms with E-state index in [2.05, 4.69) is 5.43 Å². The molecular weight excluding hydrogens is 240 g/mol. The van der Waals surface area contributed by atoms with Crippen LogP contribution >= 0.6 is 0 Å². The highest BCUT2D eigenvalue weighted by molar-refractivity contribution is 5.66. The van der Waals surface area contributed by atoms with Crippen LogP contribution < -0.4 is 10.4 Å². The Balaban J connectivity index is 2.43. The van der Waals surface area contributed by atoms with Gasteiger partial charge in [-0.3, -0.25) is 25.2 Å². The smallest absolute Gasteiger partial charge is 0.298 e. The van der Waals surface area contributed by atoms with Crippen LogP contribution in [0.1, 0.15) is 0 Å². The Labute approximate surface area is 102 Å². The molecule has 18 heavy (non-hydrogen) atoms. The zero-order valence-corrected chi connectivity index (χ0v) is 9.28. The Hall–Kier alpha value is -2.48. The van der Waals surface area contributed by atoms with Crippen LogP contribution in [0.2, 0.25) is 0 Å². The predicted molar refractivity (Wildman–Crippen MR) is 64.2 cm³/mol. The van der Waals surface area contributed by atoms with Gasteiger partial charge in [-0.2, -0.15) is 0 Å². The molecule has 2 rings (SSSR count). The summed E-state index contributed by atoms with van der Waals surface area (Å²) in [5, 5.41) is 23.1. The first-order valence-electron chi connectivity index (χ1n) is 5.18. The molecule has 1 aromatic rings. The van der Waals surface area contributed by atoms with Gasteiger partial charge >= 0.3 is 5.69 Å². The van der Waals surface area contributed by atoms with E-state index in [4.69, 9.17) is 0 Å². The molecule has 0 unspecified atom stereocenters. The van der Waals surface area contributed by atoms with Gasteiger partial charge in [-0.25, -0.2) is 5.43 Å². The Morgan fingerprint density at radius 3 is 2.50 bits per heavy atom. The van der Waals surface area contributed by atoms with E-state index >= 15 is 0 Å². The number of nitrogens with one attached hydrogen (secondary N) is 1. The van der Waals surface area contributed by atoms with Crippen LogP contribution in [-0.4, -0.2) is 22.9 Å². The van der Waals surface area contributed by atoms with Gasteiger partial charge < -0.3 is 0 Å². The number of benzene rings is 1. The standard InChI is InChI=1S/C10H10N4O4/c15-13(16)8-3-4-9(10(7-8)14(17)18)12-6-2-1-5-11-12/h1-4,7,11H,5-6H2. The molecule has 0 spiro atoms. The molecule has 1 heterocycles. The van der Waals surface area contributed by atoms with Gasteiger partial charge in [0.05, 0.1) is 22.5 Å². The van der Waals surface area contributed by atoms with Crippen molar-refractivity contribution in [2.45, 2.75) is 0 Å². The molecule has 8 nitrogen and oxygen atoms in total. The van der Waals surface area contributed by atoms with E-state index in [9.17, 15) is 20.2 Å². The molecule has 0 saturated heterocycles.